The van der Waals surface area contributed by atoms with Crippen LogP contribution in [0.3, 0.4) is 0 Å². The van der Waals surface area contributed by atoms with Gasteiger partial charge in [-0.2, -0.15) is 0 Å². The summed E-state index contributed by atoms with van der Waals surface area (Å²) >= 11 is 0. The van der Waals surface area contributed by atoms with E-state index in [-0.39, 0.29) is 11.9 Å². The molecule has 0 spiro atoms. The van der Waals surface area contributed by atoms with E-state index in [0.717, 1.165) is 5.75 Å². The molecule has 0 unspecified atom stereocenters. The van der Waals surface area contributed by atoms with Crippen LogP contribution in [0.2, 0.25) is 0 Å². The zero-order chi connectivity index (χ0) is 16.7. The number of anilines is 1. The third-order valence-corrected chi connectivity index (χ3v) is 3.06. The van der Waals surface area contributed by atoms with Gasteiger partial charge in [-0.3, -0.25) is 9.59 Å². The van der Waals surface area contributed by atoms with Crippen molar-refractivity contribution in [3.05, 3.63) is 54.1 Å². The number of hydrogen-bond acceptors (Lipinski definition) is 4. The van der Waals surface area contributed by atoms with Crippen molar-refractivity contribution >= 4 is 17.6 Å². The molecular formula is C18H19NO4. The molecule has 0 aliphatic heterocycles. The van der Waals surface area contributed by atoms with Gasteiger partial charge in [-0.25, -0.2) is 0 Å². The van der Waals surface area contributed by atoms with Gasteiger partial charge in [0.05, 0.1) is 6.61 Å². The van der Waals surface area contributed by atoms with Crippen LogP contribution in [-0.2, 0) is 4.79 Å². The minimum atomic E-state index is -0.309. The van der Waals surface area contributed by atoms with Crippen molar-refractivity contribution < 1.29 is 19.1 Å². The first-order chi connectivity index (χ1) is 11.1. The fourth-order valence-electron chi connectivity index (χ4n) is 1.88. The van der Waals surface area contributed by atoms with Crippen molar-refractivity contribution in [2.75, 3.05) is 11.9 Å². The van der Waals surface area contributed by atoms with Crippen molar-refractivity contribution in [2.24, 2.45) is 0 Å². The van der Waals surface area contributed by atoms with E-state index in [0.29, 0.717) is 30.0 Å². The van der Waals surface area contributed by atoms with E-state index in [4.69, 9.17) is 9.47 Å². The van der Waals surface area contributed by atoms with E-state index in [9.17, 15) is 9.59 Å². The molecule has 0 heterocycles. The highest BCUT2D eigenvalue weighted by Crippen LogP contribution is 2.18. The third kappa shape index (κ3) is 4.85. The van der Waals surface area contributed by atoms with Gasteiger partial charge in [0, 0.05) is 17.7 Å². The van der Waals surface area contributed by atoms with Crippen molar-refractivity contribution in [3.63, 3.8) is 0 Å². The Morgan fingerprint density at radius 1 is 0.913 bits per heavy atom. The lowest BCUT2D eigenvalue weighted by Gasteiger charge is -2.08. The molecule has 23 heavy (non-hydrogen) atoms. The van der Waals surface area contributed by atoms with E-state index < -0.39 is 0 Å². The van der Waals surface area contributed by atoms with Gasteiger partial charge < -0.3 is 14.8 Å². The number of carbonyl (C=O) groups is 2. The largest absolute Gasteiger partial charge is 0.494 e. The number of amides is 1. The number of benzene rings is 2. The summed E-state index contributed by atoms with van der Waals surface area (Å²) in [5, 5.41) is 2.80. The molecule has 0 bridgehead atoms. The first kappa shape index (κ1) is 16.5. The van der Waals surface area contributed by atoms with Gasteiger partial charge in [0.15, 0.2) is 0 Å². The molecule has 120 valence electrons. The van der Waals surface area contributed by atoms with Crippen molar-refractivity contribution in [3.8, 4) is 11.5 Å². The lowest BCUT2D eigenvalue weighted by Crippen LogP contribution is -2.12. The first-order valence-electron chi connectivity index (χ1n) is 7.47. The second-order valence-corrected chi connectivity index (χ2v) is 4.76. The number of rotatable bonds is 6. The summed E-state index contributed by atoms with van der Waals surface area (Å²) in [6.45, 7) is 4.23. The number of nitrogens with one attached hydrogen (secondary N) is 1. The molecule has 0 saturated carbocycles. The van der Waals surface area contributed by atoms with Gasteiger partial charge in [-0.05, 0) is 55.5 Å². The smallest absolute Gasteiger partial charge is 0.310 e. The highest BCUT2D eigenvalue weighted by Gasteiger charge is 2.08. The maximum Gasteiger partial charge on any atom is 0.310 e. The second kappa shape index (κ2) is 7.98. The van der Waals surface area contributed by atoms with E-state index in [2.05, 4.69) is 5.32 Å². The summed E-state index contributed by atoms with van der Waals surface area (Å²) in [6.07, 6.45) is 0.306. The molecular weight excluding hydrogens is 294 g/mol. The van der Waals surface area contributed by atoms with E-state index in [1.807, 2.05) is 6.92 Å². The summed E-state index contributed by atoms with van der Waals surface area (Å²) in [6, 6.07) is 13.6. The number of esters is 1. The molecule has 2 aromatic carbocycles. The monoisotopic (exact) mass is 313 g/mol. The molecule has 1 N–H and O–H groups in total. The quantitative estimate of drug-likeness (QED) is 0.653. The Kier molecular flexibility index (Phi) is 5.74. The minimum absolute atomic E-state index is 0.234. The molecule has 0 aromatic heterocycles. The standard InChI is InChI=1S/C18H19NO4/c1-3-17(20)23-16-9-5-13(6-10-16)18(21)19-14-7-11-15(12-8-14)22-4-2/h5-12H,3-4H2,1-2H3,(H,19,21). The number of hydrogen-bond donors (Lipinski definition) is 1. The van der Waals surface area contributed by atoms with Crippen LogP contribution in [0.25, 0.3) is 0 Å². The van der Waals surface area contributed by atoms with E-state index >= 15 is 0 Å². The zero-order valence-electron chi connectivity index (χ0n) is 13.2. The van der Waals surface area contributed by atoms with Crippen LogP contribution in [0.15, 0.2) is 48.5 Å². The molecule has 0 aliphatic carbocycles. The van der Waals surface area contributed by atoms with E-state index in [1.165, 1.54) is 0 Å². The topological polar surface area (TPSA) is 64.6 Å². The summed E-state index contributed by atoms with van der Waals surface area (Å²) in [5.74, 6) is 0.640. The number of ether oxygens (including phenoxy) is 2. The highest BCUT2D eigenvalue weighted by atomic mass is 16.5. The zero-order valence-corrected chi connectivity index (χ0v) is 13.2. The minimum Gasteiger partial charge on any atom is -0.494 e. The predicted molar refractivity (Wildman–Crippen MR) is 87.9 cm³/mol. The Hall–Kier alpha value is -2.82. The SMILES string of the molecule is CCOc1ccc(NC(=O)c2ccc(OC(=O)CC)cc2)cc1. The Labute approximate surface area is 135 Å². The molecule has 0 atom stereocenters. The van der Waals surface area contributed by atoms with Crippen molar-refractivity contribution in [2.45, 2.75) is 20.3 Å². The molecule has 0 saturated heterocycles. The Bertz CT molecular complexity index is 662. The number of carbonyl (C=O) groups excluding carboxylic acids is 2. The Morgan fingerprint density at radius 2 is 1.52 bits per heavy atom. The lowest BCUT2D eigenvalue weighted by atomic mass is 10.2. The Morgan fingerprint density at radius 3 is 2.09 bits per heavy atom. The van der Waals surface area contributed by atoms with E-state index in [1.54, 1.807) is 55.5 Å². The van der Waals surface area contributed by atoms with Crippen LogP contribution in [-0.4, -0.2) is 18.5 Å². The molecule has 5 heteroatoms. The van der Waals surface area contributed by atoms with Crippen LogP contribution in [0.4, 0.5) is 5.69 Å². The maximum atomic E-state index is 12.2. The maximum absolute atomic E-state index is 12.2. The van der Waals surface area contributed by atoms with Crippen LogP contribution in [0, 0.1) is 0 Å². The van der Waals surface area contributed by atoms with Crippen LogP contribution in [0.1, 0.15) is 30.6 Å². The summed E-state index contributed by atoms with van der Waals surface area (Å²) in [4.78, 5) is 23.4. The summed E-state index contributed by atoms with van der Waals surface area (Å²) in [7, 11) is 0. The molecule has 0 aliphatic rings. The van der Waals surface area contributed by atoms with Crippen molar-refractivity contribution in [1.82, 2.24) is 0 Å². The van der Waals surface area contributed by atoms with Gasteiger partial charge in [0.25, 0.3) is 5.91 Å². The van der Waals surface area contributed by atoms with Gasteiger partial charge in [-0.1, -0.05) is 6.92 Å². The summed E-state index contributed by atoms with van der Waals surface area (Å²) in [5.41, 5.74) is 1.16. The average Bonchev–Trinajstić information content (AvgIpc) is 2.57. The Balaban J connectivity index is 1.98. The van der Waals surface area contributed by atoms with Crippen LogP contribution < -0.4 is 14.8 Å². The predicted octanol–water partition coefficient (Wildman–Crippen LogP) is 3.65. The second-order valence-electron chi connectivity index (χ2n) is 4.76. The highest BCUT2D eigenvalue weighted by molar-refractivity contribution is 6.04. The molecule has 2 aromatic rings. The van der Waals surface area contributed by atoms with Crippen LogP contribution >= 0.6 is 0 Å². The van der Waals surface area contributed by atoms with Gasteiger partial charge in [0.2, 0.25) is 0 Å². The van der Waals surface area contributed by atoms with Gasteiger partial charge in [0.1, 0.15) is 11.5 Å². The summed E-state index contributed by atoms with van der Waals surface area (Å²) < 4.78 is 10.4. The normalized spacial score (nSPS) is 10.0. The van der Waals surface area contributed by atoms with Gasteiger partial charge >= 0.3 is 5.97 Å². The van der Waals surface area contributed by atoms with Gasteiger partial charge in [-0.15, -0.1) is 0 Å². The fraction of sp³-hybridized carbons (Fsp3) is 0.222. The first-order valence-corrected chi connectivity index (χ1v) is 7.47. The van der Waals surface area contributed by atoms with Crippen LogP contribution in [0.5, 0.6) is 11.5 Å². The lowest BCUT2D eigenvalue weighted by molar-refractivity contribution is -0.134. The third-order valence-electron chi connectivity index (χ3n) is 3.06. The van der Waals surface area contributed by atoms with Crippen molar-refractivity contribution in [1.29, 1.82) is 0 Å². The fourth-order valence-corrected chi connectivity index (χ4v) is 1.88. The molecule has 2 rings (SSSR count). The molecule has 0 fully saturated rings. The average molecular weight is 313 g/mol. The molecule has 1 amide bonds. The molecule has 5 nitrogen and oxygen atoms in total. The molecule has 0 radical (unpaired) electrons.